The summed E-state index contributed by atoms with van der Waals surface area (Å²) in [4.78, 5) is 11.9. The molecule has 0 spiro atoms. The molecule has 7 heteroatoms. The highest BCUT2D eigenvalue weighted by Gasteiger charge is 2.09. The molecule has 0 unspecified atom stereocenters. The number of halogens is 2. The fraction of sp³-hybridized carbons (Fsp3) is 0.364. The van der Waals surface area contributed by atoms with Crippen LogP contribution in [-0.2, 0) is 11.3 Å². The van der Waals surface area contributed by atoms with Crippen LogP contribution in [-0.4, -0.2) is 33.2 Å². The topological polar surface area (TPSA) is 52.8 Å². The smallest absolute Gasteiger partial charge is 0.225 e. The lowest BCUT2D eigenvalue weighted by Gasteiger charge is -1.98. The van der Waals surface area contributed by atoms with E-state index in [0.29, 0.717) is 17.7 Å². The van der Waals surface area contributed by atoms with Gasteiger partial charge in [-0.15, -0.1) is 6.58 Å². The molecule has 0 aliphatic rings. The molecular formula is C11H14Cl2N4O. The maximum atomic E-state index is 5.84. The zero-order chi connectivity index (χ0) is 13.5. The van der Waals surface area contributed by atoms with Crippen molar-refractivity contribution in [3.8, 4) is 0 Å². The Hall–Kier alpha value is -1.17. The maximum absolute atomic E-state index is 5.84. The number of fused-ring (bicyclic) bond motifs is 1. The summed E-state index contributed by atoms with van der Waals surface area (Å²) in [6, 6.07) is 0. The highest BCUT2D eigenvalue weighted by molar-refractivity contribution is 6.35. The molecule has 18 heavy (non-hydrogen) atoms. The highest BCUT2D eigenvalue weighted by Crippen LogP contribution is 2.20. The van der Waals surface area contributed by atoms with E-state index in [9.17, 15) is 0 Å². The summed E-state index contributed by atoms with van der Waals surface area (Å²) in [5, 5.41) is 0.385. The molecule has 0 aliphatic heterocycles. The molecule has 0 N–H and O–H groups in total. The standard InChI is InChI=1S/C8H6Cl2N4.C3H8O/c1-2-3-14-4-11-5-6(9)12-8(10)13-7(5)14;1-3-4-2/h2,4H,1,3H2;3H2,1-2H3. The predicted octanol–water partition coefficient (Wildman–Crippen LogP) is 2.97. The lowest BCUT2D eigenvalue weighted by atomic mass is 10.5. The first-order valence-corrected chi connectivity index (χ1v) is 6.03. The molecule has 0 saturated heterocycles. The van der Waals surface area contributed by atoms with E-state index in [0.717, 1.165) is 6.61 Å². The number of aromatic nitrogens is 4. The Bertz CT molecular complexity index is 525. The van der Waals surface area contributed by atoms with E-state index in [-0.39, 0.29) is 10.4 Å². The van der Waals surface area contributed by atoms with Crippen LogP contribution in [0.1, 0.15) is 6.92 Å². The van der Waals surface area contributed by atoms with Crippen molar-refractivity contribution in [2.45, 2.75) is 13.5 Å². The summed E-state index contributed by atoms with van der Waals surface area (Å²) in [5.41, 5.74) is 1.17. The van der Waals surface area contributed by atoms with E-state index in [4.69, 9.17) is 23.2 Å². The van der Waals surface area contributed by atoms with Crippen molar-refractivity contribution in [2.75, 3.05) is 13.7 Å². The first-order valence-electron chi connectivity index (χ1n) is 5.27. The summed E-state index contributed by atoms with van der Waals surface area (Å²) in [6.45, 7) is 7.02. The van der Waals surface area contributed by atoms with Gasteiger partial charge in [-0.25, -0.2) is 9.97 Å². The molecule has 0 atom stereocenters. The van der Waals surface area contributed by atoms with Gasteiger partial charge in [0.15, 0.2) is 10.8 Å². The molecule has 98 valence electrons. The van der Waals surface area contributed by atoms with Crippen molar-refractivity contribution < 1.29 is 4.74 Å². The third-order valence-corrected chi connectivity index (χ3v) is 2.44. The Labute approximate surface area is 115 Å². The quantitative estimate of drug-likeness (QED) is 0.495. The molecule has 0 aliphatic carbocycles. The molecule has 0 fully saturated rings. The second kappa shape index (κ2) is 7.31. The highest BCUT2D eigenvalue weighted by atomic mass is 35.5. The molecule has 0 amide bonds. The summed E-state index contributed by atoms with van der Waals surface area (Å²) in [5.74, 6) is 0. The first-order chi connectivity index (χ1) is 8.63. The zero-order valence-electron chi connectivity index (χ0n) is 10.2. The van der Waals surface area contributed by atoms with E-state index in [2.05, 4.69) is 26.3 Å². The van der Waals surface area contributed by atoms with Gasteiger partial charge in [0, 0.05) is 20.3 Å². The van der Waals surface area contributed by atoms with Gasteiger partial charge in [0.05, 0.1) is 6.33 Å². The number of imidazole rings is 1. The lowest BCUT2D eigenvalue weighted by Crippen LogP contribution is -1.95. The normalized spacial score (nSPS) is 10.0. The SMILES string of the molecule is C=CCn1cnc2c(Cl)nc(Cl)nc21.CCOC. The van der Waals surface area contributed by atoms with Gasteiger partial charge in [-0.3, -0.25) is 0 Å². The monoisotopic (exact) mass is 288 g/mol. The Balaban J connectivity index is 0.000000357. The molecule has 2 rings (SSSR count). The van der Waals surface area contributed by atoms with Crippen LogP contribution in [0.2, 0.25) is 10.4 Å². The summed E-state index contributed by atoms with van der Waals surface area (Å²) in [6.07, 6.45) is 3.37. The van der Waals surface area contributed by atoms with Crippen LogP contribution in [0.5, 0.6) is 0 Å². The van der Waals surface area contributed by atoms with Gasteiger partial charge in [0.25, 0.3) is 0 Å². The van der Waals surface area contributed by atoms with Crippen LogP contribution in [0.15, 0.2) is 19.0 Å². The van der Waals surface area contributed by atoms with Gasteiger partial charge in [-0.2, -0.15) is 4.98 Å². The van der Waals surface area contributed by atoms with Gasteiger partial charge in [0.1, 0.15) is 5.52 Å². The van der Waals surface area contributed by atoms with Crippen molar-refractivity contribution in [3.05, 3.63) is 29.4 Å². The fourth-order valence-corrected chi connectivity index (χ4v) is 1.58. The van der Waals surface area contributed by atoms with Crippen molar-refractivity contribution in [1.29, 1.82) is 0 Å². The average molecular weight is 289 g/mol. The van der Waals surface area contributed by atoms with Crippen molar-refractivity contribution >= 4 is 34.4 Å². The predicted molar refractivity (Wildman–Crippen MR) is 73.1 cm³/mol. The second-order valence-electron chi connectivity index (χ2n) is 3.22. The second-order valence-corrected chi connectivity index (χ2v) is 3.91. The number of hydrogen-bond donors (Lipinski definition) is 0. The number of rotatable bonds is 3. The first kappa shape index (κ1) is 14.9. The number of methoxy groups -OCH3 is 1. The Morgan fingerprint density at radius 2 is 2.11 bits per heavy atom. The van der Waals surface area contributed by atoms with Crippen molar-refractivity contribution in [3.63, 3.8) is 0 Å². The minimum absolute atomic E-state index is 0.119. The zero-order valence-corrected chi connectivity index (χ0v) is 11.7. The number of ether oxygens (including phenoxy) is 1. The fourth-order valence-electron chi connectivity index (χ4n) is 1.16. The minimum Gasteiger partial charge on any atom is -0.385 e. The number of hydrogen-bond acceptors (Lipinski definition) is 4. The largest absolute Gasteiger partial charge is 0.385 e. The number of nitrogens with zero attached hydrogens (tertiary/aromatic N) is 4. The van der Waals surface area contributed by atoms with E-state index in [1.54, 1.807) is 24.1 Å². The van der Waals surface area contributed by atoms with Crippen molar-refractivity contribution in [2.24, 2.45) is 0 Å². The molecule has 0 saturated carbocycles. The van der Waals surface area contributed by atoms with Crippen LogP contribution >= 0.6 is 23.2 Å². The number of allylic oxidation sites excluding steroid dienone is 1. The van der Waals surface area contributed by atoms with Crippen LogP contribution in [0.3, 0.4) is 0 Å². The van der Waals surface area contributed by atoms with Crippen LogP contribution in [0, 0.1) is 0 Å². The van der Waals surface area contributed by atoms with Crippen LogP contribution in [0.4, 0.5) is 0 Å². The Morgan fingerprint density at radius 3 is 2.67 bits per heavy atom. The third kappa shape index (κ3) is 3.66. The molecule has 5 nitrogen and oxygen atoms in total. The summed E-state index contributed by atoms with van der Waals surface area (Å²) in [7, 11) is 1.68. The molecule has 2 aromatic heterocycles. The molecule has 0 radical (unpaired) electrons. The third-order valence-electron chi connectivity index (χ3n) is 2.01. The van der Waals surface area contributed by atoms with Crippen LogP contribution < -0.4 is 0 Å². The molecule has 0 bridgehead atoms. The molecule has 2 heterocycles. The Morgan fingerprint density at radius 1 is 1.44 bits per heavy atom. The van der Waals surface area contributed by atoms with E-state index < -0.39 is 0 Å². The summed E-state index contributed by atoms with van der Waals surface area (Å²) < 4.78 is 6.34. The van der Waals surface area contributed by atoms with E-state index in [1.165, 1.54) is 0 Å². The van der Waals surface area contributed by atoms with Gasteiger partial charge in [-0.05, 0) is 18.5 Å². The van der Waals surface area contributed by atoms with Gasteiger partial charge in [0.2, 0.25) is 5.28 Å². The molecule has 0 aromatic carbocycles. The van der Waals surface area contributed by atoms with Crippen molar-refractivity contribution in [1.82, 2.24) is 19.5 Å². The van der Waals surface area contributed by atoms with Gasteiger partial charge >= 0.3 is 0 Å². The average Bonchev–Trinajstić information content (AvgIpc) is 2.74. The maximum Gasteiger partial charge on any atom is 0.225 e. The van der Waals surface area contributed by atoms with E-state index in [1.807, 2.05) is 6.92 Å². The lowest BCUT2D eigenvalue weighted by molar-refractivity contribution is 0.215. The van der Waals surface area contributed by atoms with Gasteiger partial charge in [-0.1, -0.05) is 17.7 Å². The van der Waals surface area contributed by atoms with E-state index >= 15 is 0 Å². The summed E-state index contributed by atoms with van der Waals surface area (Å²) >= 11 is 11.5. The Kier molecular flexibility index (Phi) is 6.04. The molecule has 2 aromatic rings. The van der Waals surface area contributed by atoms with Crippen LogP contribution in [0.25, 0.3) is 11.2 Å². The minimum atomic E-state index is 0.119. The molecular weight excluding hydrogens is 275 g/mol. The van der Waals surface area contributed by atoms with Gasteiger partial charge < -0.3 is 9.30 Å².